The molecule has 5 heteroatoms. The highest BCUT2D eigenvalue weighted by Gasteiger charge is 2.10. The smallest absolute Gasteiger partial charge is 0.152 e. The second-order valence-corrected chi connectivity index (χ2v) is 6.35. The Hall–Kier alpha value is -2.79. The highest BCUT2D eigenvalue weighted by Crippen LogP contribution is 2.34. The summed E-state index contributed by atoms with van der Waals surface area (Å²) in [5, 5.41) is 23.6. The molecule has 0 saturated heterocycles. The maximum atomic E-state index is 9.48. The number of rotatable bonds is 3. The van der Waals surface area contributed by atoms with Gasteiger partial charge in [0.15, 0.2) is 5.82 Å². The van der Waals surface area contributed by atoms with Crippen molar-refractivity contribution >= 4 is 32.9 Å². The average Bonchev–Trinajstić information content (AvgIpc) is 3.16. The number of benzene rings is 2. The summed E-state index contributed by atoms with van der Waals surface area (Å²) < 4.78 is 1.26. The molecule has 4 rings (SSSR count). The van der Waals surface area contributed by atoms with Gasteiger partial charge in [0.1, 0.15) is 5.75 Å². The summed E-state index contributed by atoms with van der Waals surface area (Å²) in [7, 11) is 0. The van der Waals surface area contributed by atoms with Crippen LogP contribution in [-0.2, 0) is 0 Å². The monoisotopic (exact) mass is 321 g/mol. The molecule has 0 fully saturated rings. The molecule has 0 saturated carbocycles. The van der Waals surface area contributed by atoms with Crippen LogP contribution in [0.4, 0.5) is 11.5 Å². The van der Waals surface area contributed by atoms with Crippen LogP contribution >= 0.6 is 11.3 Å². The highest BCUT2D eigenvalue weighted by molar-refractivity contribution is 7.17. The number of aromatic hydroxyl groups is 1. The van der Waals surface area contributed by atoms with Crippen molar-refractivity contribution in [1.82, 2.24) is 10.2 Å². The van der Waals surface area contributed by atoms with Crippen molar-refractivity contribution in [3.05, 3.63) is 59.5 Å². The van der Waals surface area contributed by atoms with Crippen molar-refractivity contribution in [2.75, 3.05) is 5.32 Å². The van der Waals surface area contributed by atoms with Crippen LogP contribution < -0.4 is 5.32 Å². The Morgan fingerprint density at radius 1 is 1.13 bits per heavy atom. The Labute approximate surface area is 137 Å². The Morgan fingerprint density at radius 3 is 2.87 bits per heavy atom. The van der Waals surface area contributed by atoms with Crippen LogP contribution in [0, 0.1) is 6.92 Å². The number of nitrogens with one attached hydrogen (secondary N) is 2. The third-order valence-electron chi connectivity index (χ3n) is 3.82. The summed E-state index contributed by atoms with van der Waals surface area (Å²) in [6, 6.07) is 15.6. The summed E-state index contributed by atoms with van der Waals surface area (Å²) in [6.07, 6.45) is 0. The molecule has 0 unspecified atom stereocenters. The molecule has 23 heavy (non-hydrogen) atoms. The molecule has 0 aliphatic carbocycles. The van der Waals surface area contributed by atoms with E-state index in [-0.39, 0.29) is 5.75 Å². The Morgan fingerprint density at radius 2 is 2.00 bits per heavy atom. The van der Waals surface area contributed by atoms with Gasteiger partial charge in [0.05, 0.1) is 5.69 Å². The third kappa shape index (κ3) is 2.55. The quantitative estimate of drug-likeness (QED) is 0.463. The second-order valence-electron chi connectivity index (χ2n) is 5.44. The lowest BCUT2D eigenvalue weighted by molar-refractivity contribution is 0.475. The molecule has 3 N–H and O–H groups in total. The standard InChI is InChI=1S/C18H15N3OS/c1-11-8-12(22)6-7-15(11)19-18-9-16(20-21-18)14-10-23-17-5-3-2-4-13(14)17/h2-10,22H,1H3,(H2,19,20,21). The van der Waals surface area contributed by atoms with Crippen molar-refractivity contribution in [3.8, 4) is 17.0 Å². The average molecular weight is 321 g/mol. The molecule has 0 aliphatic rings. The number of aromatic amines is 1. The Balaban J connectivity index is 1.66. The summed E-state index contributed by atoms with van der Waals surface area (Å²) in [4.78, 5) is 0. The van der Waals surface area contributed by atoms with Crippen molar-refractivity contribution in [1.29, 1.82) is 0 Å². The van der Waals surface area contributed by atoms with Crippen LogP contribution in [-0.4, -0.2) is 15.3 Å². The van der Waals surface area contributed by atoms with Gasteiger partial charge < -0.3 is 10.4 Å². The van der Waals surface area contributed by atoms with E-state index in [0.29, 0.717) is 0 Å². The van der Waals surface area contributed by atoms with Gasteiger partial charge in [0.25, 0.3) is 0 Å². The van der Waals surface area contributed by atoms with Crippen LogP contribution in [0.15, 0.2) is 53.9 Å². The van der Waals surface area contributed by atoms with E-state index in [0.717, 1.165) is 28.3 Å². The zero-order valence-electron chi connectivity index (χ0n) is 12.5. The van der Waals surface area contributed by atoms with Gasteiger partial charge in [-0.1, -0.05) is 18.2 Å². The minimum atomic E-state index is 0.264. The minimum Gasteiger partial charge on any atom is -0.508 e. The van der Waals surface area contributed by atoms with E-state index in [2.05, 4.69) is 39.1 Å². The van der Waals surface area contributed by atoms with Crippen molar-refractivity contribution in [2.24, 2.45) is 0 Å². The number of hydrogen-bond acceptors (Lipinski definition) is 4. The number of fused-ring (bicyclic) bond motifs is 1. The number of H-pyrrole nitrogens is 1. The number of phenolic OH excluding ortho intramolecular Hbond substituents is 1. The van der Waals surface area contributed by atoms with E-state index in [1.807, 2.05) is 25.1 Å². The normalized spacial score (nSPS) is 11.0. The Kier molecular flexibility index (Phi) is 3.28. The predicted octanol–water partition coefficient (Wildman–Crippen LogP) is 5.05. The SMILES string of the molecule is Cc1cc(O)ccc1Nc1cc(-c2csc3ccccc23)[nH]n1. The summed E-state index contributed by atoms with van der Waals surface area (Å²) in [5.41, 5.74) is 4.04. The molecule has 2 aromatic carbocycles. The largest absolute Gasteiger partial charge is 0.508 e. The van der Waals surface area contributed by atoms with Gasteiger partial charge in [-0.05, 0) is 36.8 Å². The zero-order chi connectivity index (χ0) is 15.8. The van der Waals surface area contributed by atoms with Gasteiger partial charge in [0.2, 0.25) is 0 Å². The van der Waals surface area contributed by atoms with Gasteiger partial charge in [-0.3, -0.25) is 5.10 Å². The molecule has 0 spiro atoms. The van der Waals surface area contributed by atoms with Gasteiger partial charge in [-0.25, -0.2) is 0 Å². The number of hydrogen-bond donors (Lipinski definition) is 3. The molecule has 0 radical (unpaired) electrons. The fraction of sp³-hybridized carbons (Fsp3) is 0.0556. The van der Waals surface area contributed by atoms with Crippen molar-refractivity contribution < 1.29 is 5.11 Å². The van der Waals surface area contributed by atoms with E-state index in [9.17, 15) is 5.11 Å². The fourth-order valence-electron chi connectivity index (χ4n) is 2.64. The molecular formula is C18H15N3OS. The van der Waals surface area contributed by atoms with Crippen LogP contribution in [0.2, 0.25) is 0 Å². The number of nitrogens with zero attached hydrogens (tertiary/aromatic N) is 1. The minimum absolute atomic E-state index is 0.264. The lowest BCUT2D eigenvalue weighted by Gasteiger charge is -2.06. The Bertz CT molecular complexity index is 987. The summed E-state index contributed by atoms with van der Waals surface area (Å²) in [6.45, 7) is 1.95. The maximum Gasteiger partial charge on any atom is 0.152 e. The summed E-state index contributed by atoms with van der Waals surface area (Å²) >= 11 is 1.73. The highest BCUT2D eigenvalue weighted by atomic mass is 32.1. The topological polar surface area (TPSA) is 60.9 Å². The second kappa shape index (κ2) is 5.44. The van der Waals surface area contributed by atoms with E-state index in [1.165, 1.54) is 10.1 Å². The molecule has 2 aromatic heterocycles. The van der Waals surface area contributed by atoms with Gasteiger partial charge in [-0.2, -0.15) is 5.10 Å². The molecule has 0 atom stereocenters. The third-order valence-corrected chi connectivity index (χ3v) is 4.79. The first kappa shape index (κ1) is 13.8. The molecule has 114 valence electrons. The van der Waals surface area contributed by atoms with E-state index >= 15 is 0 Å². The van der Waals surface area contributed by atoms with Crippen LogP contribution in [0.3, 0.4) is 0 Å². The van der Waals surface area contributed by atoms with Crippen LogP contribution in [0.1, 0.15) is 5.56 Å². The number of phenols is 1. The van der Waals surface area contributed by atoms with Crippen LogP contribution in [0.25, 0.3) is 21.3 Å². The van der Waals surface area contributed by atoms with E-state index in [4.69, 9.17) is 0 Å². The first-order valence-electron chi connectivity index (χ1n) is 7.29. The maximum absolute atomic E-state index is 9.48. The molecule has 2 heterocycles. The lowest BCUT2D eigenvalue weighted by atomic mass is 10.1. The van der Waals surface area contributed by atoms with E-state index < -0.39 is 0 Å². The number of anilines is 2. The van der Waals surface area contributed by atoms with Gasteiger partial charge >= 0.3 is 0 Å². The fourth-order valence-corrected chi connectivity index (χ4v) is 3.60. The molecule has 0 bridgehead atoms. The number of aromatic nitrogens is 2. The van der Waals surface area contributed by atoms with Crippen molar-refractivity contribution in [2.45, 2.75) is 6.92 Å². The van der Waals surface area contributed by atoms with Crippen LogP contribution in [0.5, 0.6) is 5.75 Å². The first-order chi connectivity index (χ1) is 11.2. The van der Waals surface area contributed by atoms with Crippen molar-refractivity contribution in [3.63, 3.8) is 0 Å². The zero-order valence-corrected chi connectivity index (χ0v) is 13.3. The van der Waals surface area contributed by atoms with Gasteiger partial charge in [-0.15, -0.1) is 11.3 Å². The summed E-state index contributed by atoms with van der Waals surface area (Å²) in [5.74, 6) is 1.02. The number of aryl methyl sites for hydroxylation is 1. The predicted molar refractivity (Wildman–Crippen MR) is 95.5 cm³/mol. The van der Waals surface area contributed by atoms with E-state index in [1.54, 1.807) is 23.5 Å². The van der Waals surface area contributed by atoms with Gasteiger partial charge in [0, 0.05) is 32.8 Å². The molecule has 4 nitrogen and oxygen atoms in total. The first-order valence-corrected chi connectivity index (χ1v) is 8.17. The molecule has 4 aromatic rings. The molecule has 0 amide bonds. The number of thiophene rings is 1. The molecular weight excluding hydrogens is 306 g/mol. The molecule has 0 aliphatic heterocycles. The lowest BCUT2D eigenvalue weighted by Crippen LogP contribution is -1.92.